The molecule has 5 nitrogen and oxygen atoms in total. The molecule has 0 bridgehead atoms. The Morgan fingerprint density at radius 2 is 1.93 bits per heavy atom. The van der Waals surface area contributed by atoms with Gasteiger partial charge in [0.05, 0.1) is 12.5 Å². The predicted molar refractivity (Wildman–Crippen MR) is 52.9 cm³/mol. The highest BCUT2D eigenvalue weighted by Crippen LogP contribution is 2.16. The molecule has 0 saturated heterocycles. The van der Waals surface area contributed by atoms with Crippen LogP contribution < -0.4 is 0 Å². The first-order chi connectivity index (χ1) is 6.47. The molecule has 0 aromatic heterocycles. The second-order valence-corrected chi connectivity index (χ2v) is 4.11. The fourth-order valence-corrected chi connectivity index (χ4v) is 1.86. The van der Waals surface area contributed by atoms with E-state index in [0.717, 1.165) is 11.8 Å². The summed E-state index contributed by atoms with van der Waals surface area (Å²) in [6.07, 6.45) is -1.27. The fraction of sp³-hybridized carbons (Fsp3) is 0.714. The number of carboxylic acids is 2. The lowest BCUT2D eigenvalue weighted by Gasteiger charge is -2.11. The molecule has 14 heavy (non-hydrogen) atoms. The zero-order valence-electron chi connectivity index (χ0n) is 7.22. The third-order valence-electron chi connectivity index (χ3n) is 1.30. The predicted octanol–water partition coefficient (Wildman–Crippen LogP) is 0.247. The van der Waals surface area contributed by atoms with Crippen LogP contribution in [0.15, 0.2) is 0 Å². The number of aliphatic hydroxyl groups is 1. The number of carbonyl (C=O) groups is 2. The number of thioether (sulfide) groups is 1. The van der Waals surface area contributed by atoms with Crippen LogP contribution in [0.5, 0.6) is 0 Å². The van der Waals surface area contributed by atoms with Crippen LogP contribution in [0.3, 0.4) is 0 Å². The highest BCUT2D eigenvalue weighted by molar-refractivity contribution is 8.00. The van der Waals surface area contributed by atoms with Crippen molar-refractivity contribution in [2.75, 3.05) is 11.6 Å². The van der Waals surface area contributed by atoms with Gasteiger partial charge in [0.15, 0.2) is 0 Å². The first-order valence-electron chi connectivity index (χ1n) is 3.77. The van der Waals surface area contributed by atoms with Gasteiger partial charge in [-0.1, -0.05) is 0 Å². The standard InChI is InChI=1S/C7H11ClO5S/c8-2-4(9)3-14-5(7(12)13)1-6(10)11/h4-5,9H,1-3H2,(H,10,11)(H,12,13). The number of rotatable bonds is 7. The van der Waals surface area contributed by atoms with Crippen molar-refractivity contribution in [2.45, 2.75) is 17.8 Å². The van der Waals surface area contributed by atoms with E-state index in [1.54, 1.807) is 0 Å². The van der Waals surface area contributed by atoms with Gasteiger partial charge in [-0.3, -0.25) is 9.59 Å². The maximum absolute atomic E-state index is 10.5. The van der Waals surface area contributed by atoms with E-state index in [2.05, 4.69) is 0 Å². The monoisotopic (exact) mass is 242 g/mol. The van der Waals surface area contributed by atoms with E-state index < -0.39 is 29.7 Å². The topological polar surface area (TPSA) is 94.8 Å². The molecule has 0 heterocycles. The summed E-state index contributed by atoms with van der Waals surface area (Å²) in [5, 5.41) is 25.0. The quantitative estimate of drug-likeness (QED) is 0.554. The van der Waals surface area contributed by atoms with Crippen LogP contribution >= 0.6 is 23.4 Å². The lowest BCUT2D eigenvalue weighted by atomic mass is 10.3. The minimum absolute atomic E-state index is 0.00636. The fourth-order valence-electron chi connectivity index (χ4n) is 0.648. The third-order valence-corrected chi connectivity index (χ3v) is 3.01. The molecule has 0 amide bonds. The SMILES string of the molecule is O=C(O)CC(SCC(O)CCl)C(=O)O. The smallest absolute Gasteiger partial charge is 0.317 e. The zero-order valence-corrected chi connectivity index (χ0v) is 8.79. The van der Waals surface area contributed by atoms with Crippen molar-refractivity contribution in [1.29, 1.82) is 0 Å². The normalized spacial score (nSPS) is 14.7. The number of alkyl halides is 1. The maximum Gasteiger partial charge on any atom is 0.317 e. The summed E-state index contributed by atoms with van der Waals surface area (Å²) in [6.45, 7) is 0. The van der Waals surface area contributed by atoms with Crippen LogP contribution in [-0.4, -0.2) is 50.2 Å². The number of aliphatic carboxylic acids is 2. The summed E-state index contributed by atoms with van der Waals surface area (Å²) in [5.74, 6) is -2.25. The van der Waals surface area contributed by atoms with E-state index in [-0.39, 0.29) is 11.6 Å². The van der Waals surface area contributed by atoms with Crippen LogP contribution in [0.2, 0.25) is 0 Å². The molecule has 0 saturated carbocycles. The van der Waals surface area contributed by atoms with Gasteiger partial charge in [-0.2, -0.15) is 0 Å². The molecule has 0 spiro atoms. The van der Waals surface area contributed by atoms with Crippen LogP contribution in [0.4, 0.5) is 0 Å². The van der Waals surface area contributed by atoms with Crippen molar-refractivity contribution in [1.82, 2.24) is 0 Å². The highest BCUT2D eigenvalue weighted by atomic mass is 35.5. The summed E-state index contributed by atoms with van der Waals surface area (Å²) in [5.41, 5.74) is 0. The maximum atomic E-state index is 10.5. The Balaban J connectivity index is 3.97. The minimum Gasteiger partial charge on any atom is -0.481 e. The average molecular weight is 243 g/mol. The first-order valence-corrected chi connectivity index (χ1v) is 5.36. The molecule has 0 aliphatic rings. The summed E-state index contributed by atoms with van der Waals surface area (Å²) in [4.78, 5) is 20.8. The highest BCUT2D eigenvalue weighted by Gasteiger charge is 2.22. The van der Waals surface area contributed by atoms with Gasteiger partial charge in [-0.25, -0.2) is 0 Å². The first kappa shape index (κ1) is 13.5. The van der Waals surface area contributed by atoms with Crippen molar-refractivity contribution in [2.24, 2.45) is 0 Å². The van der Waals surface area contributed by atoms with Crippen LogP contribution in [-0.2, 0) is 9.59 Å². The Labute approximate surface area is 90.1 Å². The molecular weight excluding hydrogens is 232 g/mol. The molecule has 2 atom stereocenters. The Hall–Kier alpha value is -0.460. The second kappa shape index (κ2) is 6.92. The summed E-state index contributed by atoms with van der Waals surface area (Å²) < 4.78 is 0. The van der Waals surface area contributed by atoms with Gasteiger partial charge in [-0.05, 0) is 0 Å². The van der Waals surface area contributed by atoms with Crippen molar-refractivity contribution in [3.8, 4) is 0 Å². The molecule has 0 rings (SSSR count). The molecular formula is C7H11ClO5S. The molecule has 0 aromatic carbocycles. The Kier molecular flexibility index (Phi) is 6.69. The molecule has 7 heteroatoms. The molecule has 3 N–H and O–H groups in total. The molecule has 0 radical (unpaired) electrons. The molecule has 0 aliphatic carbocycles. The van der Waals surface area contributed by atoms with Crippen molar-refractivity contribution >= 4 is 35.3 Å². The van der Waals surface area contributed by atoms with Gasteiger partial charge in [0.1, 0.15) is 5.25 Å². The van der Waals surface area contributed by atoms with E-state index in [1.165, 1.54) is 0 Å². The third kappa shape index (κ3) is 6.06. The molecule has 0 aliphatic heterocycles. The van der Waals surface area contributed by atoms with Gasteiger partial charge in [0.2, 0.25) is 0 Å². The number of hydrogen-bond donors (Lipinski definition) is 3. The lowest BCUT2D eigenvalue weighted by molar-refractivity contribution is -0.142. The van der Waals surface area contributed by atoms with Crippen LogP contribution in [0.25, 0.3) is 0 Å². The molecule has 2 unspecified atom stereocenters. The van der Waals surface area contributed by atoms with E-state index >= 15 is 0 Å². The van der Waals surface area contributed by atoms with E-state index in [1.807, 2.05) is 0 Å². The Morgan fingerprint density at radius 3 is 2.29 bits per heavy atom. The van der Waals surface area contributed by atoms with Gasteiger partial charge in [0, 0.05) is 11.6 Å². The van der Waals surface area contributed by atoms with Crippen molar-refractivity contribution in [3.63, 3.8) is 0 Å². The zero-order chi connectivity index (χ0) is 11.1. The summed E-state index contributed by atoms with van der Waals surface area (Å²) in [7, 11) is 0. The van der Waals surface area contributed by atoms with E-state index in [0.29, 0.717) is 0 Å². The van der Waals surface area contributed by atoms with Gasteiger partial charge >= 0.3 is 11.9 Å². The Bertz CT molecular complexity index is 210. The number of carboxylic acid groups (broad SMARTS) is 2. The van der Waals surface area contributed by atoms with E-state index in [9.17, 15) is 9.59 Å². The van der Waals surface area contributed by atoms with Gasteiger partial charge in [0.25, 0.3) is 0 Å². The summed E-state index contributed by atoms with van der Waals surface area (Å²) >= 11 is 6.17. The minimum atomic E-state index is -1.20. The summed E-state index contributed by atoms with van der Waals surface area (Å²) in [6, 6.07) is 0. The second-order valence-electron chi connectivity index (χ2n) is 2.57. The van der Waals surface area contributed by atoms with Gasteiger partial charge < -0.3 is 15.3 Å². The number of aliphatic hydroxyl groups excluding tert-OH is 1. The van der Waals surface area contributed by atoms with Crippen molar-refractivity contribution in [3.05, 3.63) is 0 Å². The molecule has 0 fully saturated rings. The van der Waals surface area contributed by atoms with Crippen LogP contribution in [0, 0.1) is 0 Å². The van der Waals surface area contributed by atoms with E-state index in [4.69, 9.17) is 26.9 Å². The van der Waals surface area contributed by atoms with Gasteiger partial charge in [-0.15, -0.1) is 23.4 Å². The number of halogens is 1. The van der Waals surface area contributed by atoms with Crippen LogP contribution in [0.1, 0.15) is 6.42 Å². The molecule has 82 valence electrons. The largest absolute Gasteiger partial charge is 0.481 e. The lowest BCUT2D eigenvalue weighted by Crippen LogP contribution is -2.23. The average Bonchev–Trinajstić information content (AvgIpc) is 2.10. The molecule has 0 aromatic rings. The Morgan fingerprint density at radius 1 is 1.36 bits per heavy atom. The van der Waals surface area contributed by atoms with Crippen molar-refractivity contribution < 1.29 is 24.9 Å². The number of hydrogen-bond acceptors (Lipinski definition) is 4.